The second kappa shape index (κ2) is 8.03. The second-order valence-corrected chi connectivity index (χ2v) is 5.55. The zero-order valence-corrected chi connectivity index (χ0v) is 13.7. The highest BCUT2D eigenvalue weighted by Crippen LogP contribution is 2.28. The lowest BCUT2D eigenvalue weighted by Crippen LogP contribution is -2.46. The third-order valence-corrected chi connectivity index (χ3v) is 4.11. The minimum Gasteiger partial charge on any atom is -0.493 e. The Kier molecular flexibility index (Phi) is 6.07. The van der Waals surface area contributed by atoms with E-state index in [0.717, 1.165) is 38.9 Å². The maximum absolute atomic E-state index is 12.9. The van der Waals surface area contributed by atoms with Crippen molar-refractivity contribution in [3.63, 3.8) is 0 Å². The first-order chi connectivity index (χ1) is 10.7. The molecule has 1 amide bonds. The summed E-state index contributed by atoms with van der Waals surface area (Å²) in [6.07, 6.45) is 2.99. The van der Waals surface area contributed by atoms with Crippen molar-refractivity contribution >= 4 is 5.91 Å². The van der Waals surface area contributed by atoms with Crippen LogP contribution in [0.25, 0.3) is 0 Å². The molecule has 0 aromatic heterocycles. The number of piperidine rings is 1. The minimum absolute atomic E-state index is 0.0784. The van der Waals surface area contributed by atoms with Crippen molar-refractivity contribution < 1.29 is 14.3 Å². The Morgan fingerprint density at radius 2 is 1.91 bits per heavy atom. The second-order valence-electron chi connectivity index (χ2n) is 5.55. The molecule has 0 saturated carbocycles. The molecule has 1 aromatic carbocycles. The van der Waals surface area contributed by atoms with E-state index >= 15 is 0 Å². The van der Waals surface area contributed by atoms with Gasteiger partial charge in [0.1, 0.15) is 0 Å². The molecule has 1 aliphatic rings. The van der Waals surface area contributed by atoms with Crippen LogP contribution in [0, 0.1) is 0 Å². The average molecular weight is 306 g/mol. The first-order valence-corrected chi connectivity index (χ1v) is 7.95. The molecule has 1 fully saturated rings. The smallest absolute Gasteiger partial charge is 0.254 e. The van der Waals surface area contributed by atoms with Crippen molar-refractivity contribution in [2.45, 2.75) is 32.2 Å². The molecule has 5 heteroatoms. The van der Waals surface area contributed by atoms with Gasteiger partial charge in [-0.2, -0.15) is 0 Å². The van der Waals surface area contributed by atoms with Gasteiger partial charge in [0.15, 0.2) is 11.5 Å². The third-order valence-electron chi connectivity index (χ3n) is 4.11. The summed E-state index contributed by atoms with van der Waals surface area (Å²) in [5.74, 6) is 1.31. The number of methoxy groups -OCH3 is 2. The van der Waals surface area contributed by atoms with E-state index in [1.54, 1.807) is 26.4 Å². The van der Waals surface area contributed by atoms with Gasteiger partial charge in [0, 0.05) is 18.2 Å². The number of nitrogens with zero attached hydrogens (tertiary/aromatic N) is 1. The molecule has 0 bridgehead atoms. The van der Waals surface area contributed by atoms with Gasteiger partial charge in [0.25, 0.3) is 5.91 Å². The Balaban J connectivity index is 2.22. The van der Waals surface area contributed by atoms with E-state index in [9.17, 15) is 4.79 Å². The highest BCUT2D eigenvalue weighted by atomic mass is 16.5. The Labute approximate surface area is 132 Å². The Hall–Kier alpha value is -1.75. The molecule has 1 N–H and O–H groups in total. The van der Waals surface area contributed by atoms with Crippen LogP contribution in [0.4, 0.5) is 0 Å². The average Bonchev–Trinajstić information content (AvgIpc) is 2.59. The topological polar surface area (TPSA) is 50.8 Å². The normalized spacial score (nSPS) is 15.4. The molecule has 0 radical (unpaired) electrons. The molecule has 1 heterocycles. The summed E-state index contributed by atoms with van der Waals surface area (Å²) in [7, 11) is 3.18. The van der Waals surface area contributed by atoms with E-state index in [0.29, 0.717) is 23.1 Å². The largest absolute Gasteiger partial charge is 0.493 e. The van der Waals surface area contributed by atoms with E-state index in [2.05, 4.69) is 12.2 Å². The lowest BCUT2D eigenvalue weighted by Gasteiger charge is -2.34. The van der Waals surface area contributed by atoms with Crippen LogP contribution in [0.1, 0.15) is 36.5 Å². The van der Waals surface area contributed by atoms with Gasteiger partial charge in [-0.15, -0.1) is 0 Å². The van der Waals surface area contributed by atoms with E-state index < -0.39 is 0 Å². The third kappa shape index (κ3) is 3.71. The van der Waals surface area contributed by atoms with E-state index in [1.165, 1.54) is 0 Å². The highest BCUT2D eigenvalue weighted by Gasteiger charge is 2.26. The number of amides is 1. The first kappa shape index (κ1) is 16.6. The number of carbonyl (C=O) groups is 1. The summed E-state index contributed by atoms with van der Waals surface area (Å²) in [6, 6.07) is 5.69. The van der Waals surface area contributed by atoms with E-state index in [1.807, 2.05) is 11.0 Å². The number of hydrogen-bond acceptors (Lipinski definition) is 4. The van der Waals surface area contributed by atoms with Gasteiger partial charge in [0.05, 0.1) is 14.2 Å². The lowest BCUT2D eigenvalue weighted by molar-refractivity contribution is 0.0642. The zero-order valence-electron chi connectivity index (χ0n) is 13.7. The standard InChI is InChI=1S/C17H26N2O3/c1-4-11-19(14-7-9-18-10-8-14)17(20)13-5-6-15(21-2)16(12-13)22-3/h5-6,12,14,18H,4,7-11H2,1-3H3. The molecule has 0 atom stereocenters. The van der Waals surface area contributed by atoms with Crippen LogP contribution in [-0.2, 0) is 0 Å². The van der Waals surface area contributed by atoms with E-state index in [-0.39, 0.29) is 5.91 Å². The SMILES string of the molecule is CCCN(C(=O)c1ccc(OC)c(OC)c1)C1CCNCC1. The van der Waals surface area contributed by atoms with Crippen LogP contribution >= 0.6 is 0 Å². The molecule has 5 nitrogen and oxygen atoms in total. The number of carbonyl (C=O) groups excluding carboxylic acids is 1. The summed E-state index contributed by atoms with van der Waals surface area (Å²) in [6.45, 7) is 4.85. The molecular weight excluding hydrogens is 280 g/mol. The maximum atomic E-state index is 12.9. The van der Waals surface area contributed by atoms with Gasteiger partial charge in [-0.25, -0.2) is 0 Å². The predicted octanol–water partition coefficient (Wildman–Crippen LogP) is 2.31. The van der Waals surface area contributed by atoms with Crippen LogP contribution in [0.2, 0.25) is 0 Å². The summed E-state index contributed by atoms with van der Waals surface area (Å²) in [5, 5.41) is 3.35. The summed E-state index contributed by atoms with van der Waals surface area (Å²) < 4.78 is 10.5. The number of benzene rings is 1. The lowest BCUT2D eigenvalue weighted by atomic mass is 10.0. The molecule has 22 heavy (non-hydrogen) atoms. The van der Waals surface area contributed by atoms with Crippen LogP contribution in [-0.4, -0.2) is 50.7 Å². The number of hydrogen-bond donors (Lipinski definition) is 1. The van der Waals surface area contributed by atoms with Crippen molar-refractivity contribution in [2.75, 3.05) is 33.9 Å². The fraction of sp³-hybridized carbons (Fsp3) is 0.588. The first-order valence-electron chi connectivity index (χ1n) is 7.95. The molecule has 1 aromatic rings. The van der Waals surface area contributed by atoms with Crippen molar-refractivity contribution in [1.29, 1.82) is 0 Å². The number of ether oxygens (including phenoxy) is 2. The maximum Gasteiger partial charge on any atom is 0.254 e. The molecule has 1 saturated heterocycles. The van der Waals surface area contributed by atoms with E-state index in [4.69, 9.17) is 9.47 Å². The van der Waals surface area contributed by atoms with Crippen molar-refractivity contribution in [2.24, 2.45) is 0 Å². The van der Waals surface area contributed by atoms with Gasteiger partial charge < -0.3 is 19.7 Å². The molecule has 0 aliphatic carbocycles. The van der Waals surface area contributed by atoms with Gasteiger partial charge in [-0.3, -0.25) is 4.79 Å². The number of nitrogens with one attached hydrogen (secondary N) is 1. The van der Waals surface area contributed by atoms with Crippen molar-refractivity contribution in [3.8, 4) is 11.5 Å². The summed E-state index contributed by atoms with van der Waals surface area (Å²) >= 11 is 0. The monoisotopic (exact) mass is 306 g/mol. The minimum atomic E-state index is 0.0784. The summed E-state index contributed by atoms with van der Waals surface area (Å²) in [4.78, 5) is 14.9. The van der Waals surface area contributed by atoms with Gasteiger partial charge >= 0.3 is 0 Å². The Bertz CT molecular complexity index is 499. The van der Waals surface area contributed by atoms with Crippen LogP contribution in [0.3, 0.4) is 0 Å². The van der Waals surface area contributed by atoms with Crippen molar-refractivity contribution in [3.05, 3.63) is 23.8 Å². The molecule has 0 unspecified atom stereocenters. The number of rotatable bonds is 6. The molecular formula is C17H26N2O3. The Morgan fingerprint density at radius 1 is 1.23 bits per heavy atom. The van der Waals surface area contributed by atoms with Crippen LogP contribution in [0.15, 0.2) is 18.2 Å². The Morgan fingerprint density at radius 3 is 2.50 bits per heavy atom. The predicted molar refractivity (Wildman–Crippen MR) is 86.8 cm³/mol. The fourth-order valence-electron chi connectivity index (χ4n) is 2.94. The molecule has 0 spiro atoms. The van der Waals surface area contributed by atoms with Crippen LogP contribution in [0.5, 0.6) is 11.5 Å². The molecule has 1 aliphatic heterocycles. The fourth-order valence-corrected chi connectivity index (χ4v) is 2.94. The van der Waals surface area contributed by atoms with Gasteiger partial charge in [-0.05, 0) is 50.6 Å². The highest BCUT2D eigenvalue weighted by molar-refractivity contribution is 5.95. The van der Waals surface area contributed by atoms with Gasteiger partial charge in [0.2, 0.25) is 0 Å². The quantitative estimate of drug-likeness (QED) is 0.876. The van der Waals surface area contributed by atoms with Gasteiger partial charge in [-0.1, -0.05) is 6.92 Å². The molecule has 122 valence electrons. The van der Waals surface area contributed by atoms with Crippen molar-refractivity contribution in [1.82, 2.24) is 10.2 Å². The van der Waals surface area contributed by atoms with Crippen LogP contribution < -0.4 is 14.8 Å². The zero-order chi connectivity index (χ0) is 15.9. The molecule has 2 rings (SSSR count). The summed E-state index contributed by atoms with van der Waals surface area (Å²) in [5.41, 5.74) is 0.657.